The minimum atomic E-state index is -0.748. The Morgan fingerprint density at radius 2 is 1.51 bits per heavy atom. The van der Waals surface area contributed by atoms with Crippen LogP contribution < -0.4 is 5.32 Å². The van der Waals surface area contributed by atoms with E-state index in [1.807, 2.05) is 34.6 Å². The van der Waals surface area contributed by atoms with Crippen molar-refractivity contribution < 1.29 is 33.6 Å². The molecule has 4 amide bonds. The first-order valence-electron chi connectivity index (χ1n) is 19.4. The number of nitrogens with zero attached hydrogens (tertiary/aromatic N) is 2. The molecule has 6 atom stereocenters. The average Bonchev–Trinajstić information content (AvgIpc) is 3.33. The fourth-order valence-corrected chi connectivity index (χ4v) is 8.96. The van der Waals surface area contributed by atoms with Gasteiger partial charge >= 0.3 is 0 Å². The summed E-state index contributed by atoms with van der Waals surface area (Å²) in [5.74, 6) is -3.62. The summed E-state index contributed by atoms with van der Waals surface area (Å²) < 4.78 is 0. The molecular weight excluding hydrogens is 646 g/mol. The van der Waals surface area contributed by atoms with Gasteiger partial charge in [0.2, 0.25) is 23.5 Å². The van der Waals surface area contributed by atoms with E-state index in [1.54, 1.807) is 4.90 Å². The fourth-order valence-electron chi connectivity index (χ4n) is 8.96. The molecule has 0 unspecified atom stereocenters. The maximum absolute atomic E-state index is 14.5. The van der Waals surface area contributed by atoms with Gasteiger partial charge in [-0.3, -0.25) is 38.5 Å². The molecule has 0 aromatic rings. The van der Waals surface area contributed by atoms with Gasteiger partial charge in [0.15, 0.2) is 5.78 Å². The second-order valence-corrected chi connectivity index (χ2v) is 18.4. The molecular formula is C41H63N3O7. The van der Waals surface area contributed by atoms with Crippen molar-refractivity contribution in [1.82, 2.24) is 15.1 Å². The van der Waals surface area contributed by atoms with Gasteiger partial charge < -0.3 is 10.2 Å². The van der Waals surface area contributed by atoms with Gasteiger partial charge in [-0.15, -0.1) is 6.58 Å². The van der Waals surface area contributed by atoms with Crippen LogP contribution in [0.2, 0.25) is 0 Å². The molecule has 4 rings (SSSR count). The molecule has 0 aromatic carbocycles. The summed E-state index contributed by atoms with van der Waals surface area (Å²) in [4.78, 5) is 97.7. The molecule has 0 aromatic heterocycles. The predicted molar refractivity (Wildman–Crippen MR) is 195 cm³/mol. The first-order chi connectivity index (χ1) is 23.8. The van der Waals surface area contributed by atoms with E-state index in [4.69, 9.17) is 0 Å². The molecule has 1 saturated carbocycles. The number of carbonyl (C=O) groups excluding carboxylic acids is 7. The van der Waals surface area contributed by atoms with E-state index in [0.717, 1.165) is 38.5 Å². The molecule has 1 aliphatic carbocycles. The number of imide groups is 1. The van der Waals surface area contributed by atoms with Gasteiger partial charge in [0, 0.05) is 63.6 Å². The number of hydrogen-bond acceptors (Lipinski definition) is 7. The number of rotatable bonds is 10. The summed E-state index contributed by atoms with van der Waals surface area (Å²) in [6, 6.07) is -0.686. The molecule has 284 valence electrons. The van der Waals surface area contributed by atoms with E-state index in [9.17, 15) is 33.6 Å². The highest BCUT2D eigenvalue weighted by molar-refractivity contribution is 6.37. The number of amides is 4. The Kier molecular flexibility index (Phi) is 12.9. The molecule has 0 radical (unpaired) electrons. The SMILES string of the molecule is C=CCNC(=O)C(=O)[C@@H]1CCCCCCCC[C@H](CC(=O)C[C@H](CN2C(=O)CC(C)(C)CC2=O)C(C)(C)C)C(=O)N2C[C@H]3[C@@H]([C@H]2C(=O)C1)C3(C)C. The van der Waals surface area contributed by atoms with Crippen molar-refractivity contribution in [3.63, 3.8) is 0 Å². The minimum Gasteiger partial charge on any atom is -0.346 e. The number of ketones is 3. The van der Waals surface area contributed by atoms with Crippen molar-refractivity contribution in [3.05, 3.63) is 12.7 Å². The van der Waals surface area contributed by atoms with Gasteiger partial charge in [-0.25, -0.2) is 0 Å². The minimum absolute atomic E-state index is 0.0267. The summed E-state index contributed by atoms with van der Waals surface area (Å²) in [7, 11) is 0. The largest absolute Gasteiger partial charge is 0.346 e. The van der Waals surface area contributed by atoms with E-state index in [1.165, 1.54) is 11.0 Å². The first-order valence-corrected chi connectivity index (χ1v) is 19.4. The fraction of sp³-hybridized carbons (Fsp3) is 0.780. The molecule has 0 bridgehead atoms. The van der Waals surface area contributed by atoms with Gasteiger partial charge in [0.25, 0.3) is 5.91 Å². The highest BCUT2D eigenvalue weighted by Gasteiger charge is 2.69. The molecule has 10 nitrogen and oxygen atoms in total. The zero-order valence-electron chi connectivity index (χ0n) is 32.3. The van der Waals surface area contributed by atoms with E-state index < -0.39 is 29.6 Å². The number of Topliss-reactive ketones (excluding diaryl/α,β-unsaturated/α-hetero) is 3. The Hall–Kier alpha value is -3.17. The Morgan fingerprint density at radius 3 is 2.10 bits per heavy atom. The van der Waals surface area contributed by atoms with Crippen molar-refractivity contribution in [2.24, 2.45) is 45.8 Å². The van der Waals surface area contributed by atoms with Gasteiger partial charge in [-0.1, -0.05) is 93.1 Å². The van der Waals surface area contributed by atoms with Crippen LogP contribution in [0.4, 0.5) is 0 Å². The van der Waals surface area contributed by atoms with Gasteiger partial charge in [0.1, 0.15) is 5.78 Å². The highest BCUT2D eigenvalue weighted by atomic mass is 16.2. The molecule has 4 fully saturated rings. The summed E-state index contributed by atoms with van der Waals surface area (Å²) in [5, 5.41) is 2.57. The lowest BCUT2D eigenvalue weighted by Crippen LogP contribution is -2.50. The van der Waals surface area contributed by atoms with Crippen LogP contribution >= 0.6 is 0 Å². The van der Waals surface area contributed by atoms with Gasteiger partial charge in [-0.2, -0.15) is 0 Å². The van der Waals surface area contributed by atoms with E-state index >= 15 is 0 Å². The van der Waals surface area contributed by atoms with E-state index in [-0.39, 0.29) is 108 Å². The van der Waals surface area contributed by atoms with Crippen LogP contribution in [0.25, 0.3) is 0 Å². The third-order valence-corrected chi connectivity index (χ3v) is 12.4. The lowest BCUT2D eigenvalue weighted by molar-refractivity contribution is -0.154. The Balaban J connectivity index is 1.54. The Morgan fingerprint density at radius 1 is 0.922 bits per heavy atom. The molecule has 0 spiro atoms. The monoisotopic (exact) mass is 709 g/mol. The normalized spacial score (nSPS) is 29.3. The molecule has 10 heteroatoms. The van der Waals surface area contributed by atoms with Gasteiger partial charge in [0.05, 0.1) is 6.04 Å². The second-order valence-electron chi connectivity index (χ2n) is 18.4. The maximum atomic E-state index is 14.5. The topological polar surface area (TPSA) is 138 Å². The summed E-state index contributed by atoms with van der Waals surface area (Å²) >= 11 is 0. The van der Waals surface area contributed by atoms with Crippen molar-refractivity contribution in [2.75, 3.05) is 19.6 Å². The zero-order chi connectivity index (χ0) is 37.9. The molecule has 3 saturated heterocycles. The summed E-state index contributed by atoms with van der Waals surface area (Å²) in [6.45, 7) is 18.5. The summed E-state index contributed by atoms with van der Waals surface area (Å²) in [5.41, 5.74) is -0.875. The van der Waals surface area contributed by atoms with Crippen LogP contribution in [0.3, 0.4) is 0 Å². The van der Waals surface area contributed by atoms with Crippen LogP contribution in [0.15, 0.2) is 12.7 Å². The van der Waals surface area contributed by atoms with Crippen LogP contribution in [-0.4, -0.2) is 76.5 Å². The third kappa shape index (κ3) is 9.83. The quantitative estimate of drug-likeness (QED) is 0.171. The van der Waals surface area contributed by atoms with E-state index in [2.05, 4.69) is 25.7 Å². The maximum Gasteiger partial charge on any atom is 0.287 e. The number of piperidine rings is 2. The number of hydrogen-bond donors (Lipinski definition) is 1. The molecule has 3 heterocycles. The number of fused-ring (bicyclic) bond motifs is 3. The molecule has 3 aliphatic heterocycles. The van der Waals surface area contributed by atoms with Crippen molar-refractivity contribution in [1.29, 1.82) is 0 Å². The standard InChI is InChI=1S/C41H63N3O7/c1-9-18-42-37(50)36(49)26-16-14-12-10-11-13-15-17-27(38(51)44-25-30-34(41(30,7)8)35(44)31(46)20-26)19-29(45)21-28(39(2,3)4)24-43-32(47)22-40(5,6)23-33(43)48/h9,26-28,30,34-35H,1,10-25H2,2-8H3,(H,42,50)/t26-,27-,28-,30+,34+,35-/m1/s1. The second kappa shape index (κ2) is 16.2. The Bertz CT molecular complexity index is 1370. The Labute approximate surface area is 305 Å². The van der Waals surface area contributed by atoms with Crippen LogP contribution in [0.1, 0.15) is 132 Å². The van der Waals surface area contributed by atoms with Crippen molar-refractivity contribution in [3.8, 4) is 0 Å². The zero-order valence-corrected chi connectivity index (χ0v) is 32.3. The number of likely N-dealkylation sites (tertiary alicyclic amines) is 1. The number of nitrogens with one attached hydrogen (secondary N) is 1. The smallest absolute Gasteiger partial charge is 0.287 e. The average molecular weight is 710 g/mol. The number of carbonyl (C=O) groups is 7. The van der Waals surface area contributed by atoms with Crippen LogP contribution in [0, 0.1) is 45.8 Å². The van der Waals surface area contributed by atoms with E-state index in [0.29, 0.717) is 19.4 Å². The van der Waals surface area contributed by atoms with Crippen LogP contribution in [0.5, 0.6) is 0 Å². The molecule has 51 heavy (non-hydrogen) atoms. The lowest BCUT2D eigenvalue weighted by Gasteiger charge is -2.39. The van der Waals surface area contributed by atoms with Crippen molar-refractivity contribution in [2.45, 2.75) is 138 Å². The first kappa shape index (κ1) is 40.6. The highest BCUT2D eigenvalue weighted by Crippen LogP contribution is 2.65. The third-order valence-electron chi connectivity index (χ3n) is 12.4. The lowest BCUT2D eigenvalue weighted by atomic mass is 9.75. The van der Waals surface area contributed by atoms with Gasteiger partial charge in [-0.05, 0) is 46.8 Å². The predicted octanol–water partition coefficient (Wildman–Crippen LogP) is 5.85. The van der Waals surface area contributed by atoms with Crippen LogP contribution in [-0.2, 0) is 33.6 Å². The molecule has 4 aliphatic rings. The molecule has 1 N–H and O–H groups in total. The summed E-state index contributed by atoms with van der Waals surface area (Å²) in [6.07, 6.45) is 8.38. The van der Waals surface area contributed by atoms with Crippen molar-refractivity contribution >= 4 is 41.0 Å².